The Balaban J connectivity index is 1.87. The molecule has 1 N–H and O–H groups in total. The Hall–Kier alpha value is -1.07. The predicted molar refractivity (Wildman–Crippen MR) is 79.1 cm³/mol. The van der Waals surface area contributed by atoms with Crippen molar-refractivity contribution in [2.75, 3.05) is 12.9 Å². The summed E-state index contributed by atoms with van der Waals surface area (Å²) in [6.45, 7) is 1.20. The molecule has 3 nitrogen and oxygen atoms in total. The van der Waals surface area contributed by atoms with Crippen LogP contribution in [0.5, 0.6) is 0 Å². The van der Waals surface area contributed by atoms with Crippen LogP contribution in [-0.2, 0) is 21.8 Å². The van der Waals surface area contributed by atoms with Gasteiger partial charge in [-0.3, -0.25) is 4.79 Å². The molecule has 0 bridgehead atoms. The quantitative estimate of drug-likeness (QED) is 0.877. The van der Waals surface area contributed by atoms with Crippen molar-refractivity contribution in [3.63, 3.8) is 0 Å². The van der Waals surface area contributed by atoms with Crippen LogP contribution in [0.2, 0.25) is 0 Å². The molecule has 110 valence electrons. The molecule has 20 heavy (non-hydrogen) atoms. The maximum absolute atomic E-state index is 13.2. The van der Waals surface area contributed by atoms with Crippen LogP contribution in [0.25, 0.3) is 0 Å². The Kier molecular flexibility index (Phi) is 5.86. The van der Waals surface area contributed by atoms with Crippen molar-refractivity contribution in [3.8, 4) is 0 Å². The van der Waals surface area contributed by atoms with E-state index in [1.54, 1.807) is 17.8 Å². The van der Waals surface area contributed by atoms with Gasteiger partial charge in [0.1, 0.15) is 5.82 Å². The second-order valence-corrected chi connectivity index (χ2v) is 5.83. The topological polar surface area (TPSA) is 38.3 Å². The Labute approximate surface area is 123 Å². The van der Waals surface area contributed by atoms with Crippen molar-refractivity contribution in [1.82, 2.24) is 5.32 Å². The molecule has 1 heterocycles. The van der Waals surface area contributed by atoms with Crippen molar-refractivity contribution in [1.29, 1.82) is 0 Å². The van der Waals surface area contributed by atoms with Crippen LogP contribution in [0, 0.1) is 5.82 Å². The largest absolute Gasteiger partial charge is 0.378 e. The second kappa shape index (κ2) is 7.64. The average Bonchev–Trinajstić information content (AvgIpc) is 2.91. The third-order valence-corrected chi connectivity index (χ3v) is 3.98. The van der Waals surface area contributed by atoms with E-state index in [9.17, 15) is 9.18 Å². The molecule has 0 radical (unpaired) electrons. The Morgan fingerprint density at radius 3 is 3.05 bits per heavy atom. The van der Waals surface area contributed by atoms with Crippen molar-refractivity contribution >= 4 is 17.7 Å². The maximum atomic E-state index is 13.2. The number of hydrogen-bond acceptors (Lipinski definition) is 3. The van der Waals surface area contributed by atoms with E-state index in [4.69, 9.17) is 4.74 Å². The summed E-state index contributed by atoms with van der Waals surface area (Å²) in [5, 5.41) is 2.89. The summed E-state index contributed by atoms with van der Waals surface area (Å²) in [7, 11) is 0. The van der Waals surface area contributed by atoms with Crippen LogP contribution in [0.15, 0.2) is 18.2 Å². The smallest absolute Gasteiger partial charge is 0.222 e. The zero-order chi connectivity index (χ0) is 14.4. The number of thioether (sulfide) groups is 1. The van der Waals surface area contributed by atoms with Gasteiger partial charge in [0.2, 0.25) is 5.91 Å². The predicted octanol–water partition coefficient (Wildman–Crippen LogP) is 2.87. The lowest BCUT2D eigenvalue weighted by atomic mass is 10.1. The van der Waals surface area contributed by atoms with Gasteiger partial charge in [-0.05, 0) is 42.4 Å². The van der Waals surface area contributed by atoms with E-state index < -0.39 is 0 Å². The fraction of sp³-hybridized carbons (Fsp3) is 0.533. The van der Waals surface area contributed by atoms with Gasteiger partial charge in [-0.1, -0.05) is 6.07 Å². The number of carbonyl (C=O) groups excluding carboxylic acids is 1. The molecular weight excluding hydrogens is 277 g/mol. The van der Waals surface area contributed by atoms with E-state index >= 15 is 0 Å². The van der Waals surface area contributed by atoms with E-state index in [0.717, 1.165) is 36.3 Å². The molecule has 0 saturated carbocycles. The van der Waals surface area contributed by atoms with Gasteiger partial charge in [-0.15, -0.1) is 0 Å². The molecule has 0 unspecified atom stereocenters. The lowest BCUT2D eigenvalue weighted by molar-refractivity contribution is -0.123. The van der Waals surface area contributed by atoms with Gasteiger partial charge in [-0.25, -0.2) is 4.39 Å². The van der Waals surface area contributed by atoms with E-state index in [1.807, 2.05) is 6.26 Å². The van der Waals surface area contributed by atoms with Gasteiger partial charge in [0, 0.05) is 18.9 Å². The molecule has 2 rings (SSSR count). The van der Waals surface area contributed by atoms with Gasteiger partial charge in [0.05, 0.1) is 12.5 Å². The molecule has 5 heteroatoms. The van der Waals surface area contributed by atoms with Gasteiger partial charge in [0.15, 0.2) is 0 Å². The van der Waals surface area contributed by atoms with E-state index in [2.05, 4.69) is 5.32 Å². The molecule has 0 spiro atoms. The molecule has 1 atom stereocenters. The number of hydrogen-bond donors (Lipinski definition) is 1. The maximum Gasteiger partial charge on any atom is 0.222 e. The molecular formula is C15H20FNO2S. The number of nitrogens with one attached hydrogen (secondary N) is 1. The fourth-order valence-corrected chi connectivity index (χ4v) is 2.91. The minimum absolute atomic E-state index is 0.00340. The Bertz CT molecular complexity index is 461. The molecule has 1 fully saturated rings. The number of carbonyl (C=O) groups is 1. The molecule has 1 amide bonds. The third kappa shape index (κ3) is 4.49. The van der Waals surface area contributed by atoms with Crippen LogP contribution >= 0.6 is 11.8 Å². The normalized spacial score (nSPS) is 18.2. The molecule has 0 aliphatic carbocycles. The van der Waals surface area contributed by atoms with Crippen molar-refractivity contribution in [2.45, 2.75) is 37.7 Å². The first-order valence-corrected chi connectivity index (χ1v) is 8.23. The first-order chi connectivity index (χ1) is 9.69. The molecule has 1 aliphatic heterocycles. The van der Waals surface area contributed by atoms with Crippen LogP contribution in [-0.4, -0.2) is 24.9 Å². The highest BCUT2D eigenvalue weighted by molar-refractivity contribution is 7.97. The SMILES string of the molecule is CSCc1cc(F)ccc1CNC(=O)C[C@H]1CCCO1. The summed E-state index contributed by atoms with van der Waals surface area (Å²) in [5.74, 6) is 0.508. The highest BCUT2D eigenvalue weighted by Gasteiger charge is 2.18. The molecule has 1 saturated heterocycles. The van der Waals surface area contributed by atoms with Gasteiger partial charge < -0.3 is 10.1 Å². The summed E-state index contributed by atoms with van der Waals surface area (Å²) < 4.78 is 18.7. The summed E-state index contributed by atoms with van der Waals surface area (Å²) in [6, 6.07) is 4.72. The Morgan fingerprint density at radius 2 is 2.35 bits per heavy atom. The summed E-state index contributed by atoms with van der Waals surface area (Å²) >= 11 is 1.64. The van der Waals surface area contributed by atoms with Crippen LogP contribution in [0.3, 0.4) is 0 Å². The minimum Gasteiger partial charge on any atom is -0.378 e. The fourth-order valence-electron chi connectivity index (χ4n) is 2.33. The summed E-state index contributed by atoms with van der Waals surface area (Å²) in [4.78, 5) is 11.8. The number of halogens is 1. The number of benzene rings is 1. The standard InChI is InChI=1S/C15H20FNO2S/c1-20-10-12-7-13(16)5-4-11(12)9-17-15(18)8-14-3-2-6-19-14/h4-5,7,14H,2-3,6,8-10H2,1H3,(H,17,18)/t14-/m1/s1. The molecule has 0 aromatic heterocycles. The minimum atomic E-state index is -0.233. The zero-order valence-corrected chi connectivity index (χ0v) is 12.5. The second-order valence-electron chi connectivity index (χ2n) is 4.96. The average molecular weight is 297 g/mol. The number of ether oxygens (including phenoxy) is 1. The van der Waals surface area contributed by atoms with Crippen LogP contribution < -0.4 is 5.32 Å². The van der Waals surface area contributed by atoms with Crippen LogP contribution in [0.4, 0.5) is 4.39 Å². The van der Waals surface area contributed by atoms with Gasteiger partial charge >= 0.3 is 0 Å². The van der Waals surface area contributed by atoms with Crippen molar-refractivity contribution in [3.05, 3.63) is 35.1 Å². The first-order valence-electron chi connectivity index (χ1n) is 6.83. The summed E-state index contributed by atoms with van der Waals surface area (Å²) in [6.07, 6.45) is 4.45. The molecule has 1 aromatic carbocycles. The van der Waals surface area contributed by atoms with Gasteiger partial charge in [-0.2, -0.15) is 11.8 Å². The highest BCUT2D eigenvalue weighted by Crippen LogP contribution is 2.17. The van der Waals surface area contributed by atoms with Crippen LogP contribution in [0.1, 0.15) is 30.4 Å². The third-order valence-electron chi connectivity index (χ3n) is 3.38. The zero-order valence-electron chi connectivity index (χ0n) is 11.7. The van der Waals surface area contributed by atoms with Crippen molar-refractivity contribution < 1.29 is 13.9 Å². The van der Waals surface area contributed by atoms with E-state index in [-0.39, 0.29) is 17.8 Å². The lowest BCUT2D eigenvalue weighted by Crippen LogP contribution is -2.27. The number of amides is 1. The lowest BCUT2D eigenvalue weighted by Gasteiger charge is -2.12. The number of rotatable bonds is 6. The van der Waals surface area contributed by atoms with E-state index in [1.165, 1.54) is 12.1 Å². The highest BCUT2D eigenvalue weighted by atomic mass is 32.2. The molecule has 1 aromatic rings. The monoisotopic (exact) mass is 297 g/mol. The van der Waals surface area contributed by atoms with Gasteiger partial charge in [0.25, 0.3) is 0 Å². The Morgan fingerprint density at radius 1 is 1.50 bits per heavy atom. The first kappa shape index (κ1) is 15.3. The van der Waals surface area contributed by atoms with E-state index in [0.29, 0.717) is 13.0 Å². The summed E-state index contributed by atoms with van der Waals surface area (Å²) in [5.41, 5.74) is 1.91. The van der Waals surface area contributed by atoms with Crippen molar-refractivity contribution in [2.24, 2.45) is 0 Å². The molecule has 1 aliphatic rings.